The second kappa shape index (κ2) is 4.77. The Balaban J connectivity index is 2.03. The zero-order valence-electron chi connectivity index (χ0n) is 10.2. The highest BCUT2D eigenvalue weighted by atomic mass is 14.9. The van der Waals surface area contributed by atoms with Crippen molar-refractivity contribution in [3.63, 3.8) is 0 Å². The summed E-state index contributed by atoms with van der Waals surface area (Å²) in [5, 5.41) is 3.62. The van der Waals surface area contributed by atoms with Gasteiger partial charge in [0.05, 0.1) is 0 Å². The summed E-state index contributed by atoms with van der Waals surface area (Å²) < 4.78 is 0. The molecule has 2 rings (SSSR count). The maximum atomic E-state index is 5.79. The minimum absolute atomic E-state index is 0.602. The highest BCUT2D eigenvalue weighted by Gasteiger charge is 2.26. The van der Waals surface area contributed by atoms with E-state index in [0.29, 0.717) is 6.04 Å². The van der Waals surface area contributed by atoms with Gasteiger partial charge in [0.25, 0.3) is 0 Å². The SMILES string of the molecule is CC1CCCC(Nc2cccc(N)c2)C1C. The lowest BCUT2D eigenvalue weighted by Gasteiger charge is -2.35. The second-order valence-electron chi connectivity index (χ2n) is 5.14. The van der Waals surface area contributed by atoms with Crippen LogP contribution >= 0.6 is 0 Å². The van der Waals surface area contributed by atoms with E-state index in [2.05, 4.69) is 25.2 Å². The fourth-order valence-electron chi connectivity index (χ4n) is 2.63. The molecule has 3 N–H and O–H groups in total. The van der Waals surface area contributed by atoms with Gasteiger partial charge in [0.15, 0.2) is 0 Å². The average molecular weight is 218 g/mol. The smallest absolute Gasteiger partial charge is 0.0363 e. The largest absolute Gasteiger partial charge is 0.399 e. The van der Waals surface area contributed by atoms with Crippen molar-refractivity contribution in [3.8, 4) is 0 Å². The first-order valence-electron chi connectivity index (χ1n) is 6.29. The normalized spacial score (nSPS) is 30.0. The Morgan fingerprint density at radius 3 is 2.81 bits per heavy atom. The Hall–Kier alpha value is -1.18. The summed E-state index contributed by atoms with van der Waals surface area (Å²) in [5.41, 5.74) is 7.78. The van der Waals surface area contributed by atoms with Crippen LogP contribution in [0.4, 0.5) is 11.4 Å². The van der Waals surface area contributed by atoms with E-state index in [1.807, 2.05) is 18.2 Å². The lowest BCUT2D eigenvalue weighted by Crippen LogP contribution is -2.34. The third kappa shape index (κ3) is 2.49. The minimum Gasteiger partial charge on any atom is -0.399 e. The number of rotatable bonds is 2. The monoisotopic (exact) mass is 218 g/mol. The summed E-state index contributed by atoms with van der Waals surface area (Å²) >= 11 is 0. The molecule has 3 atom stereocenters. The molecule has 16 heavy (non-hydrogen) atoms. The van der Waals surface area contributed by atoms with E-state index in [4.69, 9.17) is 5.73 Å². The van der Waals surface area contributed by atoms with Crippen LogP contribution in [0.2, 0.25) is 0 Å². The molecule has 1 aromatic carbocycles. The van der Waals surface area contributed by atoms with E-state index in [1.54, 1.807) is 0 Å². The summed E-state index contributed by atoms with van der Waals surface area (Å²) in [6.07, 6.45) is 3.99. The molecule has 0 bridgehead atoms. The van der Waals surface area contributed by atoms with E-state index in [9.17, 15) is 0 Å². The molecule has 2 heteroatoms. The van der Waals surface area contributed by atoms with Crippen molar-refractivity contribution in [3.05, 3.63) is 24.3 Å². The molecule has 1 aliphatic carbocycles. The molecule has 1 aliphatic rings. The number of nitrogen functional groups attached to an aromatic ring is 1. The van der Waals surface area contributed by atoms with Crippen LogP contribution in [-0.4, -0.2) is 6.04 Å². The molecular weight excluding hydrogens is 196 g/mol. The van der Waals surface area contributed by atoms with E-state index < -0.39 is 0 Å². The van der Waals surface area contributed by atoms with Crippen molar-refractivity contribution in [2.75, 3.05) is 11.1 Å². The van der Waals surface area contributed by atoms with Crippen LogP contribution in [0.1, 0.15) is 33.1 Å². The van der Waals surface area contributed by atoms with Crippen LogP contribution in [0.15, 0.2) is 24.3 Å². The predicted molar refractivity (Wildman–Crippen MR) is 70.4 cm³/mol. The molecular formula is C14H22N2. The molecule has 0 amide bonds. The number of hydrogen-bond donors (Lipinski definition) is 2. The molecule has 0 spiro atoms. The summed E-state index contributed by atoms with van der Waals surface area (Å²) in [4.78, 5) is 0. The molecule has 88 valence electrons. The van der Waals surface area contributed by atoms with E-state index >= 15 is 0 Å². The quantitative estimate of drug-likeness (QED) is 0.745. The second-order valence-corrected chi connectivity index (χ2v) is 5.14. The zero-order valence-corrected chi connectivity index (χ0v) is 10.2. The lowest BCUT2D eigenvalue weighted by molar-refractivity contribution is 0.253. The minimum atomic E-state index is 0.602. The van der Waals surface area contributed by atoms with Crippen molar-refractivity contribution in [2.45, 2.75) is 39.2 Å². The Kier molecular flexibility index (Phi) is 3.37. The number of anilines is 2. The first-order chi connectivity index (χ1) is 7.66. The van der Waals surface area contributed by atoms with Crippen LogP contribution in [0.25, 0.3) is 0 Å². The van der Waals surface area contributed by atoms with Gasteiger partial charge >= 0.3 is 0 Å². The Bertz CT molecular complexity index is 348. The predicted octanol–water partition coefficient (Wildman–Crippen LogP) is 3.51. The molecule has 1 aromatic rings. The lowest BCUT2D eigenvalue weighted by atomic mass is 9.78. The molecule has 0 aromatic heterocycles. The highest BCUT2D eigenvalue weighted by Crippen LogP contribution is 2.31. The Morgan fingerprint density at radius 2 is 2.06 bits per heavy atom. The third-order valence-corrected chi connectivity index (χ3v) is 3.95. The van der Waals surface area contributed by atoms with Crippen molar-refractivity contribution in [1.29, 1.82) is 0 Å². The summed E-state index contributed by atoms with van der Waals surface area (Å²) in [7, 11) is 0. The van der Waals surface area contributed by atoms with Crippen molar-refractivity contribution in [2.24, 2.45) is 11.8 Å². The summed E-state index contributed by atoms with van der Waals surface area (Å²) in [6, 6.07) is 8.66. The summed E-state index contributed by atoms with van der Waals surface area (Å²) in [6.45, 7) is 4.71. The molecule has 0 saturated heterocycles. The van der Waals surface area contributed by atoms with E-state index in [-0.39, 0.29) is 0 Å². The molecule has 0 aliphatic heterocycles. The third-order valence-electron chi connectivity index (χ3n) is 3.95. The molecule has 1 fully saturated rings. The fraction of sp³-hybridized carbons (Fsp3) is 0.571. The molecule has 2 nitrogen and oxygen atoms in total. The Labute approximate surface area is 98.2 Å². The molecule has 0 radical (unpaired) electrons. The first-order valence-corrected chi connectivity index (χ1v) is 6.29. The van der Waals surface area contributed by atoms with Gasteiger partial charge in [-0.05, 0) is 36.5 Å². The standard InChI is InChI=1S/C14H22N2/c1-10-5-3-8-14(11(10)2)16-13-7-4-6-12(15)9-13/h4,6-7,9-11,14,16H,3,5,8,15H2,1-2H3. The molecule has 0 heterocycles. The number of nitrogens with one attached hydrogen (secondary N) is 1. The molecule has 3 unspecified atom stereocenters. The first kappa shape index (κ1) is 11.3. The van der Waals surface area contributed by atoms with Crippen LogP contribution in [-0.2, 0) is 0 Å². The summed E-state index contributed by atoms with van der Waals surface area (Å²) in [5.74, 6) is 1.57. The van der Waals surface area contributed by atoms with Gasteiger partial charge in [0.2, 0.25) is 0 Å². The van der Waals surface area contributed by atoms with Gasteiger partial charge in [0, 0.05) is 17.4 Å². The van der Waals surface area contributed by atoms with Crippen LogP contribution < -0.4 is 11.1 Å². The van der Waals surface area contributed by atoms with Gasteiger partial charge in [-0.25, -0.2) is 0 Å². The van der Waals surface area contributed by atoms with Gasteiger partial charge in [-0.1, -0.05) is 32.8 Å². The van der Waals surface area contributed by atoms with Crippen molar-refractivity contribution < 1.29 is 0 Å². The van der Waals surface area contributed by atoms with Crippen molar-refractivity contribution in [1.82, 2.24) is 0 Å². The number of benzene rings is 1. The Morgan fingerprint density at radius 1 is 1.25 bits per heavy atom. The molecule has 1 saturated carbocycles. The highest BCUT2D eigenvalue weighted by molar-refractivity contribution is 5.54. The van der Waals surface area contributed by atoms with Gasteiger partial charge < -0.3 is 11.1 Å². The fourth-order valence-corrected chi connectivity index (χ4v) is 2.63. The average Bonchev–Trinajstić information content (AvgIpc) is 2.25. The van der Waals surface area contributed by atoms with Gasteiger partial charge in [0.1, 0.15) is 0 Å². The maximum Gasteiger partial charge on any atom is 0.0363 e. The maximum absolute atomic E-state index is 5.79. The van der Waals surface area contributed by atoms with Gasteiger partial charge in [-0.15, -0.1) is 0 Å². The topological polar surface area (TPSA) is 38.0 Å². The van der Waals surface area contributed by atoms with E-state index in [1.165, 1.54) is 19.3 Å². The zero-order chi connectivity index (χ0) is 11.5. The number of nitrogens with two attached hydrogens (primary N) is 1. The van der Waals surface area contributed by atoms with Crippen LogP contribution in [0.3, 0.4) is 0 Å². The van der Waals surface area contributed by atoms with E-state index in [0.717, 1.165) is 23.2 Å². The van der Waals surface area contributed by atoms with Crippen molar-refractivity contribution >= 4 is 11.4 Å². The van der Waals surface area contributed by atoms with Crippen LogP contribution in [0.5, 0.6) is 0 Å². The van der Waals surface area contributed by atoms with Gasteiger partial charge in [-0.3, -0.25) is 0 Å². The van der Waals surface area contributed by atoms with Gasteiger partial charge in [-0.2, -0.15) is 0 Å². The number of hydrogen-bond acceptors (Lipinski definition) is 2. The van der Waals surface area contributed by atoms with Crippen LogP contribution in [0, 0.1) is 11.8 Å².